The van der Waals surface area contributed by atoms with Crippen molar-refractivity contribution in [1.29, 1.82) is 0 Å². The lowest BCUT2D eigenvalue weighted by atomic mass is 9.84. The average Bonchev–Trinajstić information content (AvgIpc) is 2.28. The third-order valence-corrected chi connectivity index (χ3v) is 3.27. The molecule has 0 saturated carbocycles. The highest BCUT2D eigenvalue weighted by Crippen LogP contribution is 2.30. The lowest BCUT2D eigenvalue weighted by Gasteiger charge is -2.37. The van der Waals surface area contributed by atoms with Gasteiger partial charge in [0.05, 0.1) is 11.6 Å². The van der Waals surface area contributed by atoms with Crippen LogP contribution in [0.5, 0.6) is 0 Å². The molecule has 0 radical (unpaired) electrons. The summed E-state index contributed by atoms with van der Waals surface area (Å²) < 4.78 is 0. The summed E-state index contributed by atoms with van der Waals surface area (Å²) in [5.74, 6) is 0. The second kappa shape index (κ2) is 4.53. The summed E-state index contributed by atoms with van der Waals surface area (Å²) in [5, 5.41) is 16.9. The molecule has 3 heteroatoms. The first kappa shape index (κ1) is 11.6. The molecule has 0 fully saturated rings. The molecule has 2 unspecified atom stereocenters. The molecule has 0 spiro atoms. The van der Waals surface area contributed by atoms with E-state index in [0.29, 0.717) is 6.54 Å². The molecule has 88 valence electrons. The molecule has 0 saturated heterocycles. The van der Waals surface area contributed by atoms with E-state index >= 15 is 0 Å². The predicted octanol–water partition coefficient (Wildman–Crippen LogP) is 0.844. The van der Waals surface area contributed by atoms with Crippen molar-refractivity contribution < 1.29 is 5.11 Å². The monoisotopic (exact) mass is 220 g/mol. The molecular weight excluding hydrogens is 200 g/mol. The van der Waals surface area contributed by atoms with Gasteiger partial charge < -0.3 is 15.7 Å². The highest BCUT2D eigenvalue weighted by atomic mass is 16.3. The van der Waals surface area contributed by atoms with Crippen molar-refractivity contribution in [3.05, 3.63) is 35.4 Å². The lowest BCUT2D eigenvalue weighted by molar-refractivity contribution is 0.0184. The van der Waals surface area contributed by atoms with E-state index in [4.69, 9.17) is 0 Å². The minimum absolute atomic E-state index is 0.0184. The molecule has 0 aliphatic carbocycles. The minimum atomic E-state index is -0.759. The zero-order valence-corrected chi connectivity index (χ0v) is 9.96. The van der Waals surface area contributed by atoms with E-state index in [9.17, 15) is 5.11 Å². The van der Waals surface area contributed by atoms with E-state index in [0.717, 1.165) is 13.0 Å². The fourth-order valence-corrected chi connectivity index (χ4v) is 2.52. The number of aliphatic hydroxyl groups is 1. The van der Waals surface area contributed by atoms with Gasteiger partial charge in [-0.05, 0) is 38.1 Å². The topological polar surface area (TPSA) is 44.3 Å². The summed E-state index contributed by atoms with van der Waals surface area (Å²) in [6.07, 6.45) is 1.04. The Balaban J connectivity index is 2.31. The number of fused-ring (bicyclic) bond motifs is 1. The number of nitrogens with one attached hydrogen (secondary N) is 2. The fourth-order valence-electron chi connectivity index (χ4n) is 2.52. The summed E-state index contributed by atoms with van der Waals surface area (Å²) in [6, 6.07) is 8.38. The largest absolute Gasteiger partial charge is 0.387 e. The van der Waals surface area contributed by atoms with Crippen molar-refractivity contribution in [2.45, 2.75) is 25.0 Å². The first-order valence-corrected chi connectivity index (χ1v) is 5.83. The van der Waals surface area contributed by atoms with Crippen LogP contribution < -0.4 is 10.6 Å². The van der Waals surface area contributed by atoms with Gasteiger partial charge in [-0.2, -0.15) is 0 Å². The van der Waals surface area contributed by atoms with Gasteiger partial charge in [0.15, 0.2) is 0 Å². The van der Waals surface area contributed by atoms with Crippen molar-refractivity contribution in [3.8, 4) is 0 Å². The Morgan fingerprint density at radius 3 is 3.00 bits per heavy atom. The van der Waals surface area contributed by atoms with Crippen molar-refractivity contribution >= 4 is 0 Å². The molecule has 1 aromatic rings. The zero-order valence-electron chi connectivity index (χ0n) is 9.96. The predicted molar refractivity (Wildman–Crippen MR) is 65.4 cm³/mol. The van der Waals surface area contributed by atoms with Crippen LogP contribution >= 0.6 is 0 Å². The quantitative estimate of drug-likeness (QED) is 0.707. The summed E-state index contributed by atoms with van der Waals surface area (Å²) >= 11 is 0. The Morgan fingerprint density at radius 1 is 1.50 bits per heavy atom. The first-order chi connectivity index (χ1) is 7.65. The summed E-state index contributed by atoms with van der Waals surface area (Å²) in [5.41, 5.74) is 1.82. The number of benzene rings is 1. The average molecular weight is 220 g/mol. The van der Waals surface area contributed by atoms with E-state index in [-0.39, 0.29) is 6.04 Å². The van der Waals surface area contributed by atoms with Crippen LogP contribution in [0.3, 0.4) is 0 Å². The highest BCUT2D eigenvalue weighted by molar-refractivity contribution is 5.34. The van der Waals surface area contributed by atoms with Crippen LogP contribution in [-0.4, -0.2) is 30.8 Å². The number of likely N-dealkylation sites (N-methyl/N-ethyl adjacent to an activating group) is 1. The van der Waals surface area contributed by atoms with Crippen molar-refractivity contribution in [3.63, 3.8) is 0 Å². The lowest BCUT2D eigenvalue weighted by Crippen LogP contribution is -2.50. The second-order valence-corrected chi connectivity index (χ2v) is 4.72. The molecule has 0 bridgehead atoms. The fraction of sp³-hybridized carbons (Fsp3) is 0.538. The van der Waals surface area contributed by atoms with Crippen LogP contribution in [0, 0.1) is 0 Å². The third-order valence-electron chi connectivity index (χ3n) is 3.27. The highest BCUT2D eigenvalue weighted by Gasteiger charge is 2.35. The number of hydrogen-bond acceptors (Lipinski definition) is 3. The van der Waals surface area contributed by atoms with E-state index < -0.39 is 5.60 Å². The van der Waals surface area contributed by atoms with Gasteiger partial charge in [0.2, 0.25) is 0 Å². The molecule has 0 aromatic heterocycles. The maximum atomic E-state index is 10.5. The third kappa shape index (κ3) is 2.12. The Bertz CT molecular complexity index is 363. The molecule has 1 aliphatic rings. The van der Waals surface area contributed by atoms with Gasteiger partial charge in [-0.3, -0.25) is 0 Å². The number of hydrogen-bond donors (Lipinski definition) is 3. The van der Waals surface area contributed by atoms with Gasteiger partial charge in [0, 0.05) is 6.54 Å². The summed E-state index contributed by atoms with van der Waals surface area (Å²) in [4.78, 5) is 0. The minimum Gasteiger partial charge on any atom is -0.387 e. The molecule has 1 aromatic carbocycles. The zero-order chi connectivity index (χ0) is 11.6. The Morgan fingerprint density at radius 2 is 2.25 bits per heavy atom. The SMILES string of the molecule is CNCC(C)(O)C1NCCc2ccccc21. The summed E-state index contributed by atoms with van der Waals surface area (Å²) in [7, 11) is 1.86. The van der Waals surface area contributed by atoms with Gasteiger partial charge in [-0.25, -0.2) is 0 Å². The first-order valence-electron chi connectivity index (χ1n) is 5.83. The normalized spacial score (nSPS) is 23.6. The van der Waals surface area contributed by atoms with Crippen LogP contribution in [0.2, 0.25) is 0 Å². The standard InChI is InChI=1S/C13H20N2O/c1-13(16,9-14-2)12-11-6-4-3-5-10(11)7-8-15-12/h3-6,12,14-16H,7-9H2,1-2H3. The van der Waals surface area contributed by atoms with Gasteiger partial charge in [0.25, 0.3) is 0 Å². The summed E-state index contributed by atoms with van der Waals surface area (Å²) in [6.45, 7) is 3.39. The Hall–Kier alpha value is -0.900. The van der Waals surface area contributed by atoms with Crippen molar-refractivity contribution in [1.82, 2.24) is 10.6 Å². The molecule has 1 aliphatic heterocycles. The van der Waals surface area contributed by atoms with Gasteiger partial charge in [-0.15, -0.1) is 0 Å². The molecule has 1 heterocycles. The molecule has 3 nitrogen and oxygen atoms in total. The van der Waals surface area contributed by atoms with E-state index in [1.54, 1.807) is 0 Å². The Kier molecular flexibility index (Phi) is 3.28. The van der Waals surface area contributed by atoms with E-state index in [2.05, 4.69) is 28.8 Å². The van der Waals surface area contributed by atoms with Crippen molar-refractivity contribution in [2.24, 2.45) is 0 Å². The Labute approximate surface area is 96.9 Å². The van der Waals surface area contributed by atoms with Crippen LogP contribution in [0.25, 0.3) is 0 Å². The number of rotatable bonds is 3. The maximum absolute atomic E-state index is 10.5. The van der Waals surface area contributed by atoms with Crippen LogP contribution in [0.15, 0.2) is 24.3 Å². The van der Waals surface area contributed by atoms with Gasteiger partial charge in [-0.1, -0.05) is 24.3 Å². The molecule has 2 atom stereocenters. The smallest absolute Gasteiger partial charge is 0.0937 e. The van der Waals surface area contributed by atoms with Crippen LogP contribution in [0.1, 0.15) is 24.1 Å². The van der Waals surface area contributed by atoms with Gasteiger partial charge in [0.1, 0.15) is 0 Å². The molecule has 2 rings (SSSR count). The molecule has 3 N–H and O–H groups in total. The molecule has 16 heavy (non-hydrogen) atoms. The molecule has 0 amide bonds. The second-order valence-electron chi connectivity index (χ2n) is 4.72. The van der Waals surface area contributed by atoms with Gasteiger partial charge >= 0.3 is 0 Å². The van der Waals surface area contributed by atoms with E-state index in [1.165, 1.54) is 11.1 Å². The van der Waals surface area contributed by atoms with Crippen LogP contribution in [-0.2, 0) is 6.42 Å². The van der Waals surface area contributed by atoms with E-state index in [1.807, 2.05) is 20.0 Å². The molecular formula is C13H20N2O. The van der Waals surface area contributed by atoms with Crippen LogP contribution in [0.4, 0.5) is 0 Å². The van der Waals surface area contributed by atoms with Crippen molar-refractivity contribution in [2.75, 3.05) is 20.1 Å². The maximum Gasteiger partial charge on any atom is 0.0937 e.